The van der Waals surface area contributed by atoms with Crippen LogP contribution in [0, 0.1) is 0 Å². The Morgan fingerprint density at radius 1 is 1.16 bits per heavy atom. The molecule has 4 nitrogen and oxygen atoms in total. The molecule has 2 N–H and O–H groups in total. The van der Waals surface area contributed by atoms with Crippen molar-refractivity contribution >= 4 is 0 Å². The molecule has 104 valence electrons. The topological polar surface area (TPSA) is 47.7 Å². The van der Waals surface area contributed by atoms with Crippen molar-refractivity contribution in [3.63, 3.8) is 0 Å². The molecule has 2 aliphatic heterocycles. The van der Waals surface area contributed by atoms with Gasteiger partial charge in [0.15, 0.2) is 0 Å². The van der Waals surface area contributed by atoms with Crippen LogP contribution in [0.1, 0.15) is 25.5 Å². The number of nitrogens with two attached hydrogens (primary N) is 1. The van der Waals surface area contributed by atoms with Gasteiger partial charge in [-0.3, -0.25) is 4.90 Å². The number of morpholine rings is 1. The second kappa shape index (κ2) is 5.12. The van der Waals surface area contributed by atoms with Crippen LogP contribution in [0.15, 0.2) is 24.3 Å². The summed E-state index contributed by atoms with van der Waals surface area (Å²) in [4.78, 5) is 2.42. The summed E-state index contributed by atoms with van der Waals surface area (Å²) in [7, 11) is 0. The van der Waals surface area contributed by atoms with Gasteiger partial charge in [-0.25, -0.2) is 0 Å². The first-order valence-corrected chi connectivity index (χ1v) is 7.02. The Bertz CT molecular complexity index is 442. The van der Waals surface area contributed by atoms with Gasteiger partial charge in [-0.15, -0.1) is 0 Å². The minimum atomic E-state index is 0.0162. The Kier molecular flexibility index (Phi) is 3.48. The summed E-state index contributed by atoms with van der Waals surface area (Å²) in [5.74, 6) is 0.931. The van der Waals surface area contributed by atoms with Crippen molar-refractivity contribution in [1.82, 2.24) is 4.90 Å². The van der Waals surface area contributed by atoms with Gasteiger partial charge >= 0.3 is 0 Å². The lowest BCUT2D eigenvalue weighted by Crippen LogP contribution is -2.56. The first-order chi connectivity index (χ1) is 9.15. The molecule has 2 aliphatic rings. The highest BCUT2D eigenvalue weighted by Gasteiger charge is 2.35. The fourth-order valence-electron chi connectivity index (χ4n) is 3.19. The molecule has 3 rings (SSSR count). The van der Waals surface area contributed by atoms with E-state index >= 15 is 0 Å². The molecule has 0 aromatic heterocycles. The fourth-order valence-corrected chi connectivity index (χ4v) is 3.19. The SMILES string of the molecule is CC1CN(C2COc3ccccc3C2N)CC(C)O1. The predicted molar refractivity (Wildman–Crippen MR) is 74.2 cm³/mol. The Morgan fingerprint density at radius 3 is 2.58 bits per heavy atom. The van der Waals surface area contributed by atoms with Crippen molar-refractivity contribution in [3.05, 3.63) is 29.8 Å². The molecule has 4 unspecified atom stereocenters. The van der Waals surface area contributed by atoms with Gasteiger partial charge in [-0.1, -0.05) is 18.2 Å². The normalized spacial score (nSPS) is 35.5. The molecular formula is C15H22N2O2. The Hall–Kier alpha value is -1.10. The molecule has 19 heavy (non-hydrogen) atoms. The number of rotatable bonds is 1. The molecule has 0 spiro atoms. The van der Waals surface area contributed by atoms with Crippen LogP contribution in [0.5, 0.6) is 5.75 Å². The lowest BCUT2D eigenvalue weighted by molar-refractivity contribution is -0.0895. The number of ether oxygens (including phenoxy) is 2. The van der Waals surface area contributed by atoms with Crippen LogP contribution in [0.2, 0.25) is 0 Å². The van der Waals surface area contributed by atoms with Crippen molar-refractivity contribution in [3.8, 4) is 5.75 Å². The Balaban J connectivity index is 1.80. The van der Waals surface area contributed by atoms with Crippen molar-refractivity contribution < 1.29 is 9.47 Å². The molecule has 4 heteroatoms. The summed E-state index contributed by atoms with van der Waals surface area (Å²) < 4.78 is 11.7. The third-order valence-corrected chi connectivity index (χ3v) is 4.02. The quantitative estimate of drug-likeness (QED) is 0.834. The summed E-state index contributed by atoms with van der Waals surface area (Å²) in [5.41, 5.74) is 7.57. The number of hydrogen-bond acceptors (Lipinski definition) is 4. The zero-order valence-corrected chi connectivity index (χ0v) is 11.6. The standard InChI is InChI=1S/C15H22N2O2/c1-10-7-17(8-11(2)19-10)13-9-18-14-6-4-3-5-12(14)15(13)16/h3-6,10-11,13,15H,7-9,16H2,1-2H3. The van der Waals surface area contributed by atoms with Crippen LogP contribution < -0.4 is 10.5 Å². The number of hydrogen-bond donors (Lipinski definition) is 1. The van der Waals surface area contributed by atoms with Crippen LogP contribution in [0.3, 0.4) is 0 Å². The monoisotopic (exact) mass is 262 g/mol. The van der Waals surface area contributed by atoms with E-state index in [0.717, 1.165) is 24.4 Å². The van der Waals surface area contributed by atoms with Crippen LogP contribution in [-0.4, -0.2) is 42.8 Å². The van der Waals surface area contributed by atoms with E-state index in [-0.39, 0.29) is 24.3 Å². The third-order valence-electron chi connectivity index (χ3n) is 4.02. The molecule has 1 aromatic rings. The molecule has 0 saturated carbocycles. The molecule has 4 atom stereocenters. The molecule has 0 amide bonds. The van der Waals surface area contributed by atoms with Crippen LogP contribution in [0.25, 0.3) is 0 Å². The van der Waals surface area contributed by atoms with Gasteiger partial charge in [0.25, 0.3) is 0 Å². The lowest BCUT2D eigenvalue weighted by atomic mass is 9.95. The number of nitrogens with zero attached hydrogens (tertiary/aromatic N) is 1. The minimum absolute atomic E-state index is 0.0162. The summed E-state index contributed by atoms with van der Waals surface area (Å²) in [5, 5.41) is 0. The van der Waals surface area contributed by atoms with Crippen LogP contribution >= 0.6 is 0 Å². The summed E-state index contributed by atoms with van der Waals surface area (Å²) in [6.07, 6.45) is 0.515. The van der Waals surface area contributed by atoms with Gasteiger partial charge in [-0.05, 0) is 19.9 Å². The van der Waals surface area contributed by atoms with E-state index in [4.69, 9.17) is 15.2 Å². The van der Waals surface area contributed by atoms with E-state index < -0.39 is 0 Å². The molecular weight excluding hydrogens is 240 g/mol. The maximum absolute atomic E-state index is 6.45. The fraction of sp³-hybridized carbons (Fsp3) is 0.600. The number of benzene rings is 1. The molecule has 1 aromatic carbocycles. The molecule has 1 fully saturated rings. The number of fused-ring (bicyclic) bond motifs is 1. The molecule has 0 bridgehead atoms. The van der Waals surface area contributed by atoms with Crippen molar-refractivity contribution in [2.24, 2.45) is 5.73 Å². The zero-order chi connectivity index (χ0) is 13.4. The van der Waals surface area contributed by atoms with E-state index in [1.54, 1.807) is 0 Å². The molecule has 1 saturated heterocycles. The summed E-state index contributed by atoms with van der Waals surface area (Å²) >= 11 is 0. The van der Waals surface area contributed by atoms with Crippen molar-refractivity contribution in [1.29, 1.82) is 0 Å². The van der Waals surface area contributed by atoms with Gasteiger partial charge in [0.2, 0.25) is 0 Å². The highest BCUT2D eigenvalue weighted by atomic mass is 16.5. The van der Waals surface area contributed by atoms with Crippen molar-refractivity contribution in [2.45, 2.75) is 38.1 Å². The maximum Gasteiger partial charge on any atom is 0.124 e. The predicted octanol–water partition coefficient (Wildman–Crippen LogP) is 1.56. The van der Waals surface area contributed by atoms with Crippen LogP contribution in [-0.2, 0) is 4.74 Å². The van der Waals surface area contributed by atoms with E-state index in [1.807, 2.05) is 18.2 Å². The van der Waals surface area contributed by atoms with Crippen LogP contribution in [0.4, 0.5) is 0 Å². The highest BCUT2D eigenvalue weighted by Crippen LogP contribution is 2.33. The minimum Gasteiger partial charge on any atom is -0.492 e. The summed E-state index contributed by atoms with van der Waals surface area (Å²) in [6.45, 7) is 6.75. The Morgan fingerprint density at radius 2 is 1.84 bits per heavy atom. The average Bonchev–Trinajstić information content (AvgIpc) is 2.38. The second-order valence-electron chi connectivity index (χ2n) is 5.65. The van der Waals surface area contributed by atoms with E-state index in [1.165, 1.54) is 0 Å². The van der Waals surface area contributed by atoms with Gasteiger partial charge in [0, 0.05) is 18.7 Å². The van der Waals surface area contributed by atoms with Gasteiger partial charge in [0.1, 0.15) is 12.4 Å². The zero-order valence-electron chi connectivity index (χ0n) is 11.6. The van der Waals surface area contributed by atoms with E-state index in [0.29, 0.717) is 6.61 Å². The Labute approximate surface area is 114 Å². The average molecular weight is 262 g/mol. The molecule has 0 radical (unpaired) electrons. The second-order valence-corrected chi connectivity index (χ2v) is 5.65. The molecule has 2 heterocycles. The largest absolute Gasteiger partial charge is 0.492 e. The first-order valence-electron chi connectivity index (χ1n) is 7.02. The van der Waals surface area contributed by atoms with Crippen molar-refractivity contribution in [2.75, 3.05) is 19.7 Å². The highest BCUT2D eigenvalue weighted by molar-refractivity contribution is 5.38. The molecule has 0 aliphatic carbocycles. The third kappa shape index (κ3) is 2.48. The van der Waals surface area contributed by atoms with E-state index in [9.17, 15) is 0 Å². The van der Waals surface area contributed by atoms with E-state index in [2.05, 4.69) is 24.8 Å². The van der Waals surface area contributed by atoms with Gasteiger partial charge < -0.3 is 15.2 Å². The van der Waals surface area contributed by atoms with Gasteiger partial charge in [0.05, 0.1) is 24.3 Å². The smallest absolute Gasteiger partial charge is 0.124 e. The first kappa shape index (κ1) is 12.9. The summed E-state index contributed by atoms with van der Waals surface area (Å²) in [6, 6.07) is 8.33. The lowest BCUT2D eigenvalue weighted by Gasteiger charge is -2.44. The van der Waals surface area contributed by atoms with Gasteiger partial charge in [-0.2, -0.15) is 0 Å². The maximum atomic E-state index is 6.45. The number of para-hydroxylation sites is 1.